The average Bonchev–Trinajstić information content (AvgIpc) is 3.05. The van der Waals surface area contributed by atoms with E-state index in [9.17, 15) is 9.59 Å². The van der Waals surface area contributed by atoms with Crippen molar-refractivity contribution in [1.29, 1.82) is 0 Å². The van der Waals surface area contributed by atoms with E-state index in [1.54, 1.807) is 30.5 Å². The highest BCUT2D eigenvalue weighted by molar-refractivity contribution is 7.09. The summed E-state index contributed by atoms with van der Waals surface area (Å²) < 4.78 is 1.24. The molecule has 1 aliphatic rings. The zero-order chi connectivity index (χ0) is 15.5. The van der Waals surface area contributed by atoms with E-state index in [0.717, 1.165) is 30.1 Å². The van der Waals surface area contributed by atoms with Gasteiger partial charge in [0.25, 0.3) is 5.56 Å². The Labute approximate surface area is 132 Å². The SMILES string of the molecule is Cc1ccc(=O)n(CC(=O)N2CCCC(c3nccs3)C2)n1. The number of carbonyl (C=O) groups is 1. The van der Waals surface area contributed by atoms with Crippen LogP contribution < -0.4 is 5.56 Å². The molecule has 3 heterocycles. The van der Waals surface area contributed by atoms with Gasteiger partial charge in [0, 0.05) is 36.7 Å². The van der Waals surface area contributed by atoms with Crippen LogP contribution in [0, 0.1) is 6.92 Å². The van der Waals surface area contributed by atoms with Crippen LogP contribution in [-0.4, -0.2) is 38.7 Å². The third-order valence-electron chi connectivity index (χ3n) is 3.86. The molecule has 1 saturated heterocycles. The largest absolute Gasteiger partial charge is 0.340 e. The number of carbonyl (C=O) groups excluding carboxylic acids is 1. The van der Waals surface area contributed by atoms with E-state index >= 15 is 0 Å². The summed E-state index contributed by atoms with van der Waals surface area (Å²) in [4.78, 5) is 30.4. The maximum atomic E-state index is 12.5. The monoisotopic (exact) mass is 318 g/mol. The van der Waals surface area contributed by atoms with E-state index in [1.807, 2.05) is 10.3 Å². The first-order valence-electron chi connectivity index (χ1n) is 7.35. The van der Waals surface area contributed by atoms with Crippen molar-refractivity contribution in [2.75, 3.05) is 13.1 Å². The standard InChI is InChI=1S/C15H18N4O2S/c1-11-4-5-13(20)19(17-11)10-14(21)18-7-2-3-12(9-18)15-16-6-8-22-15/h4-6,8,12H,2-3,7,9-10H2,1H3. The van der Waals surface area contributed by atoms with Crippen LogP contribution in [-0.2, 0) is 11.3 Å². The topological polar surface area (TPSA) is 68.1 Å². The predicted octanol–water partition coefficient (Wildman–Crippen LogP) is 1.41. The Balaban J connectivity index is 1.69. The number of hydrogen-bond acceptors (Lipinski definition) is 5. The molecule has 0 N–H and O–H groups in total. The highest BCUT2D eigenvalue weighted by Gasteiger charge is 2.26. The maximum absolute atomic E-state index is 12.5. The molecular weight excluding hydrogens is 300 g/mol. The van der Waals surface area contributed by atoms with Gasteiger partial charge < -0.3 is 4.90 Å². The van der Waals surface area contributed by atoms with E-state index in [2.05, 4.69) is 10.1 Å². The molecule has 6 nitrogen and oxygen atoms in total. The molecule has 0 aromatic carbocycles. The van der Waals surface area contributed by atoms with Crippen LogP contribution >= 0.6 is 11.3 Å². The van der Waals surface area contributed by atoms with Gasteiger partial charge in [0.15, 0.2) is 0 Å². The number of aryl methyl sites for hydroxylation is 1. The van der Waals surface area contributed by atoms with Crippen LogP contribution in [0.5, 0.6) is 0 Å². The third kappa shape index (κ3) is 3.24. The normalized spacial score (nSPS) is 18.4. The van der Waals surface area contributed by atoms with Crippen LogP contribution in [0.2, 0.25) is 0 Å². The smallest absolute Gasteiger partial charge is 0.267 e. The van der Waals surface area contributed by atoms with Crippen molar-refractivity contribution in [1.82, 2.24) is 19.7 Å². The first-order valence-corrected chi connectivity index (χ1v) is 8.23. The van der Waals surface area contributed by atoms with Gasteiger partial charge in [-0.15, -0.1) is 11.3 Å². The lowest BCUT2D eigenvalue weighted by Gasteiger charge is -2.31. The molecule has 1 atom stereocenters. The molecule has 0 radical (unpaired) electrons. The number of hydrogen-bond donors (Lipinski definition) is 0. The molecule has 0 spiro atoms. The molecule has 7 heteroatoms. The molecular formula is C15H18N4O2S. The van der Waals surface area contributed by atoms with Gasteiger partial charge in [-0.05, 0) is 25.8 Å². The Kier molecular flexibility index (Phi) is 4.33. The molecule has 116 valence electrons. The Morgan fingerprint density at radius 3 is 3.09 bits per heavy atom. The summed E-state index contributed by atoms with van der Waals surface area (Å²) in [6.45, 7) is 3.22. The average molecular weight is 318 g/mol. The minimum Gasteiger partial charge on any atom is -0.340 e. The highest BCUT2D eigenvalue weighted by Crippen LogP contribution is 2.28. The summed E-state index contributed by atoms with van der Waals surface area (Å²) in [5.41, 5.74) is 0.485. The zero-order valence-corrected chi connectivity index (χ0v) is 13.3. The molecule has 0 saturated carbocycles. The van der Waals surface area contributed by atoms with Crippen molar-refractivity contribution in [3.05, 3.63) is 44.8 Å². The molecule has 0 bridgehead atoms. The van der Waals surface area contributed by atoms with Gasteiger partial charge in [0.1, 0.15) is 6.54 Å². The van der Waals surface area contributed by atoms with Crippen molar-refractivity contribution >= 4 is 17.2 Å². The molecule has 22 heavy (non-hydrogen) atoms. The summed E-state index contributed by atoms with van der Waals surface area (Å²) in [5.74, 6) is 0.251. The lowest BCUT2D eigenvalue weighted by molar-refractivity contribution is -0.133. The van der Waals surface area contributed by atoms with Gasteiger partial charge >= 0.3 is 0 Å². The van der Waals surface area contributed by atoms with Gasteiger partial charge in [0.2, 0.25) is 5.91 Å². The first kappa shape index (κ1) is 14.9. The van der Waals surface area contributed by atoms with E-state index < -0.39 is 0 Å². The fourth-order valence-electron chi connectivity index (χ4n) is 2.73. The summed E-state index contributed by atoms with van der Waals surface area (Å²) >= 11 is 1.63. The predicted molar refractivity (Wildman–Crippen MR) is 83.9 cm³/mol. The molecule has 3 rings (SSSR count). The van der Waals surface area contributed by atoms with Gasteiger partial charge in [-0.25, -0.2) is 9.67 Å². The first-order chi connectivity index (χ1) is 10.6. The van der Waals surface area contributed by atoms with E-state index in [-0.39, 0.29) is 18.0 Å². The Morgan fingerprint density at radius 1 is 1.45 bits per heavy atom. The summed E-state index contributed by atoms with van der Waals surface area (Å²) in [6, 6.07) is 3.10. The fraction of sp³-hybridized carbons (Fsp3) is 0.467. The molecule has 2 aromatic heterocycles. The number of piperidine rings is 1. The molecule has 0 aliphatic carbocycles. The number of rotatable bonds is 3. The van der Waals surface area contributed by atoms with E-state index in [0.29, 0.717) is 12.5 Å². The zero-order valence-electron chi connectivity index (χ0n) is 12.4. The molecule has 1 unspecified atom stereocenters. The second-order valence-electron chi connectivity index (χ2n) is 5.52. The third-order valence-corrected chi connectivity index (χ3v) is 4.80. The van der Waals surface area contributed by atoms with Gasteiger partial charge in [0.05, 0.1) is 10.7 Å². The van der Waals surface area contributed by atoms with E-state index in [4.69, 9.17) is 0 Å². The van der Waals surface area contributed by atoms with Crippen molar-refractivity contribution in [2.24, 2.45) is 0 Å². The maximum Gasteiger partial charge on any atom is 0.267 e. The highest BCUT2D eigenvalue weighted by atomic mass is 32.1. The number of aromatic nitrogens is 3. The number of nitrogens with zero attached hydrogens (tertiary/aromatic N) is 4. The molecule has 1 aliphatic heterocycles. The Morgan fingerprint density at radius 2 is 2.32 bits per heavy atom. The van der Waals surface area contributed by atoms with Crippen LogP contribution in [0.4, 0.5) is 0 Å². The van der Waals surface area contributed by atoms with Crippen LogP contribution in [0.15, 0.2) is 28.5 Å². The van der Waals surface area contributed by atoms with Crippen molar-refractivity contribution < 1.29 is 4.79 Å². The summed E-state index contributed by atoms with van der Waals surface area (Å²) in [7, 11) is 0. The number of amides is 1. The second-order valence-corrected chi connectivity index (χ2v) is 6.45. The van der Waals surface area contributed by atoms with Crippen LogP contribution in [0.1, 0.15) is 29.5 Å². The van der Waals surface area contributed by atoms with Crippen molar-refractivity contribution in [2.45, 2.75) is 32.2 Å². The lowest BCUT2D eigenvalue weighted by Crippen LogP contribution is -2.42. The second kappa shape index (κ2) is 6.39. The lowest BCUT2D eigenvalue weighted by atomic mass is 9.99. The molecule has 2 aromatic rings. The fourth-order valence-corrected chi connectivity index (χ4v) is 3.50. The van der Waals surface area contributed by atoms with Crippen LogP contribution in [0.25, 0.3) is 0 Å². The Bertz CT molecular complexity index is 711. The number of thiazole rings is 1. The van der Waals surface area contributed by atoms with Crippen LogP contribution in [0.3, 0.4) is 0 Å². The quantitative estimate of drug-likeness (QED) is 0.858. The van der Waals surface area contributed by atoms with E-state index in [1.165, 1.54) is 10.7 Å². The summed E-state index contributed by atoms with van der Waals surface area (Å²) in [6.07, 6.45) is 3.82. The Hall–Kier alpha value is -2.02. The van der Waals surface area contributed by atoms with Crippen molar-refractivity contribution in [3.63, 3.8) is 0 Å². The minimum absolute atomic E-state index is 0.00506. The van der Waals surface area contributed by atoms with Crippen molar-refractivity contribution in [3.8, 4) is 0 Å². The van der Waals surface area contributed by atoms with Gasteiger partial charge in [-0.1, -0.05) is 0 Å². The molecule has 1 fully saturated rings. The molecule has 1 amide bonds. The van der Waals surface area contributed by atoms with Gasteiger partial charge in [-0.3, -0.25) is 9.59 Å². The summed E-state index contributed by atoms with van der Waals surface area (Å²) in [5, 5.41) is 7.17. The minimum atomic E-state index is -0.243. The number of likely N-dealkylation sites (tertiary alicyclic amines) is 1. The van der Waals surface area contributed by atoms with Gasteiger partial charge in [-0.2, -0.15) is 5.10 Å².